The molecule has 2 nitrogen and oxygen atoms in total. The molecule has 1 rings (SSSR count). The van der Waals surface area contributed by atoms with E-state index in [1.807, 2.05) is 19.1 Å². The second kappa shape index (κ2) is 4.38. The smallest absolute Gasteiger partial charge is 0.162 e. The molecule has 1 N–H and O–H groups in total. The average Bonchev–Trinajstić information content (AvgIpc) is 2.32. The summed E-state index contributed by atoms with van der Waals surface area (Å²) in [5, 5.41) is 9.39. The maximum atomic E-state index is 11.3. The molecule has 72 valence electrons. The van der Waals surface area contributed by atoms with Crippen molar-refractivity contribution in [1.29, 1.82) is 0 Å². The number of Topliss-reactive ketones (excluding diaryl/α,β-unsaturated/α-hetero) is 1. The number of hydrogen-bond donors (Lipinski definition) is 1. The van der Waals surface area contributed by atoms with Crippen molar-refractivity contribution in [1.82, 2.24) is 0 Å². The van der Waals surface area contributed by atoms with Crippen molar-refractivity contribution in [2.24, 2.45) is 0 Å². The number of carbonyl (C=O) groups excluding carboxylic acids is 1. The fraction of sp³-hybridized carbons (Fsp3) is 0.545. The summed E-state index contributed by atoms with van der Waals surface area (Å²) in [6, 6.07) is 0. The summed E-state index contributed by atoms with van der Waals surface area (Å²) in [4.78, 5) is 11.3. The predicted octanol–water partition coefficient (Wildman–Crippen LogP) is 1.99. The summed E-state index contributed by atoms with van der Waals surface area (Å²) in [5.74, 6) is 0.103. The zero-order chi connectivity index (χ0) is 9.84. The first-order valence-corrected chi connectivity index (χ1v) is 4.72. The Bertz CT molecular complexity index is 261. The van der Waals surface area contributed by atoms with Crippen LogP contribution in [0.3, 0.4) is 0 Å². The van der Waals surface area contributed by atoms with E-state index in [1.165, 1.54) is 0 Å². The molecule has 0 aromatic rings. The summed E-state index contributed by atoms with van der Waals surface area (Å²) in [6.07, 6.45) is 5.45. The first-order chi connectivity index (χ1) is 6.16. The van der Waals surface area contributed by atoms with Crippen LogP contribution in [0.5, 0.6) is 0 Å². The van der Waals surface area contributed by atoms with Crippen molar-refractivity contribution < 1.29 is 9.90 Å². The standard InChI is InChI=1S/C11H16O2/c1-3-4-5-6-9-8(2)10(12)7-11(9)13/h4-5,10,12H,3,6-7H2,1-2H3. The van der Waals surface area contributed by atoms with Gasteiger partial charge in [0, 0.05) is 12.0 Å². The molecule has 1 aliphatic carbocycles. The maximum Gasteiger partial charge on any atom is 0.162 e. The largest absolute Gasteiger partial charge is 0.388 e. The van der Waals surface area contributed by atoms with E-state index in [0.29, 0.717) is 6.42 Å². The van der Waals surface area contributed by atoms with Gasteiger partial charge in [0.15, 0.2) is 5.78 Å². The van der Waals surface area contributed by atoms with E-state index in [2.05, 4.69) is 6.92 Å². The van der Waals surface area contributed by atoms with Gasteiger partial charge >= 0.3 is 0 Å². The third-order valence-electron chi connectivity index (χ3n) is 2.42. The minimum absolute atomic E-state index is 0.103. The molecule has 0 radical (unpaired) electrons. The minimum atomic E-state index is -0.530. The normalized spacial score (nSPS) is 23.6. The summed E-state index contributed by atoms with van der Waals surface area (Å²) >= 11 is 0. The van der Waals surface area contributed by atoms with Crippen LogP contribution < -0.4 is 0 Å². The summed E-state index contributed by atoms with van der Waals surface area (Å²) in [5.41, 5.74) is 1.66. The molecule has 0 aliphatic heterocycles. The van der Waals surface area contributed by atoms with Gasteiger partial charge in [0.1, 0.15) is 0 Å². The van der Waals surface area contributed by atoms with Crippen LogP contribution in [0.25, 0.3) is 0 Å². The second-order valence-corrected chi connectivity index (χ2v) is 3.39. The molecular weight excluding hydrogens is 164 g/mol. The van der Waals surface area contributed by atoms with Crippen LogP contribution in [-0.2, 0) is 4.79 Å². The zero-order valence-corrected chi connectivity index (χ0v) is 8.21. The number of rotatable bonds is 3. The van der Waals surface area contributed by atoms with Crippen molar-refractivity contribution in [3.8, 4) is 0 Å². The van der Waals surface area contributed by atoms with Crippen LogP contribution in [0.1, 0.15) is 33.1 Å². The van der Waals surface area contributed by atoms with Crippen LogP contribution in [0.15, 0.2) is 23.3 Å². The van der Waals surface area contributed by atoms with Gasteiger partial charge in [0.2, 0.25) is 0 Å². The molecule has 1 atom stereocenters. The number of ketones is 1. The van der Waals surface area contributed by atoms with E-state index in [0.717, 1.165) is 17.6 Å². The molecule has 0 saturated heterocycles. The molecule has 13 heavy (non-hydrogen) atoms. The fourth-order valence-corrected chi connectivity index (χ4v) is 1.52. The van der Waals surface area contributed by atoms with E-state index >= 15 is 0 Å². The quantitative estimate of drug-likeness (QED) is 0.674. The van der Waals surface area contributed by atoms with Crippen molar-refractivity contribution in [2.75, 3.05) is 0 Å². The topological polar surface area (TPSA) is 37.3 Å². The number of aliphatic hydroxyl groups is 1. The van der Waals surface area contributed by atoms with Gasteiger partial charge in [-0.2, -0.15) is 0 Å². The Labute approximate surface area is 79.0 Å². The lowest BCUT2D eigenvalue weighted by molar-refractivity contribution is -0.115. The molecule has 1 unspecified atom stereocenters. The summed E-state index contributed by atoms with van der Waals surface area (Å²) < 4.78 is 0. The lowest BCUT2D eigenvalue weighted by Gasteiger charge is -2.00. The van der Waals surface area contributed by atoms with Crippen LogP contribution in [-0.4, -0.2) is 17.0 Å². The third kappa shape index (κ3) is 2.28. The molecule has 0 heterocycles. The van der Waals surface area contributed by atoms with Crippen LogP contribution in [0.4, 0.5) is 0 Å². The highest BCUT2D eigenvalue weighted by molar-refractivity contribution is 5.99. The van der Waals surface area contributed by atoms with Gasteiger partial charge in [-0.25, -0.2) is 0 Å². The van der Waals surface area contributed by atoms with E-state index in [-0.39, 0.29) is 12.2 Å². The number of aliphatic hydroxyl groups excluding tert-OH is 1. The molecule has 2 heteroatoms. The van der Waals surface area contributed by atoms with Crippen molar-refractivity contribution >= 4 is 5.78 Å². The van der Waals surface area contributed by atoms with Gasteiger partial charge in [-0.1, -0.05) is 19.1 Å². The van der Waals surface area contributed by atoms with Crippen LogP contribution >= 0.6 is 0 Å². The van der Waals surface area contributed by atoms with Gasteiger partial charge in [0.05, 0.1) is 6.10 Å². The van der Waals surface area contributed by atoms with Gasteiger partial charge in [0.25, 0.3) is 0 Å². The summed E-state index contributed by atoms with van der Waals surface area (Å²) in [7, 11) is 0. The highest BCUT2D eigenvalue weighted by atomic mass is 16.3. The lowest BCUT2D eigenvalue weighted by atomic mass is 10.1. The first kappa shape index (κ1) is 10.2. The molecular formula is C11H16O2. The highest BCUT2D eigenvalue weighted by Crippen LogP contribution is 2.25. The van der Waals surface area contributed by atoms with Gasteiger partial charge in [-0.3, -0.25) is 4.79 Å². The van der Waals surface area contributed by atoms with Gasteiger partial charge in [-0.05, 0) is 25.3 Å². The van der Waals surface area contributed by atoms with Crippen LogP contribution in [0.2, 0.25) is 0 Å². The Morgan fingerprint density at radius 2 is 2.23 bits per heavy atom. The van der Waals surface area contributed by atoms with Gasteiger partial charge < -0.3 is 5.11 Å². The molecule has 0 amide bonds. The highest BCUT2D eigenvalue weighted by Gasteiger charge is 2.26. The third-order valence-corrected chi connectivity index (χ3v) is 2.42. The zero-order valence-electron chi connectivity index (χ0n) is 8.21. The minimum Gasteiger partial charge on any atom is -0.388 e. The average molecular weight is 180 g/mol. The molecule has 0 aromatic carbocycles. The van der Waals surface area contributed by atoms with E-state index in [4.69, 9.17) is 0 Å². The second-order valence-electron chi connectivity index (χ2n) is 3.39. The SMILES string of the molecule is CCC=CCC1=C(C)C(O)CC1=O. The maximum absolute atomic E-state index is 11.3. The Morgan fingerprint density at radius 1 is 1.54 bits per heavy atom. The lowest BCUT2D eigenvalue weighted by Crippen LogP contribution is -2.03. The van der Waals surface area contributed by atoms with Crippen molar-refractivity contribution in [3.63, 3.8) is 0 Å². The molecule has 0 aromatic heterocycles. The predicted molar refractivity (Wildman–Crippen MR) is 52.4 cm³/mol. The molecule has 0 fully saturated rings. The monoisotopic (exact) mass is 180 g/mol. The first-order valence-electron chi connectivity index (χ1n) is 4.72. The fourth-order valence-electron chi connectivity index (χ4n) is 1.52. The van der Waals surface area contributed by atoms with Crippen molar-refractivity contribution in [2.45, 2.75) is 39.2 Å². The Hall–Kier alpha value is -0.890. The van der Waals surface area contributed by atoms with Crippen LogP contribution in [0, 0.1) is 0 Å². The Kier molecular flexibility index (Phi) is 3.43. The Morgan fingerprint density at radius 3 is 2.69 bits per heavy atom. The molecule has 1 aliphatic rings. The van der Waals surface area contributed by atoms with E-state index < -0.39 is 6.10 Å². The Balaban J connectivity index is 2.66. The number of allylic oxidation sites excluding steroid dienone is 3. The molecule has 0 saturated carbocycles. The van der Waals surface area contributed by atoms with Gasteiger partial charge in [-0.15, -0.1) is 0 Å². The number of carbonyl (C=O) groups is 1. The van der Waals surface area contributed by atoms with E-state index in [1.54, 1.807) is 0 Å². The van der Waals surface area contributed by atoms with Crippen molar-refractivity contribution in [3.05, 3.63) is 23.3 Å². The molecule has 0 spiro atoms. The van der Waals surface area contributed by atoms with E-state index in [9.17, 15) is 9.90 Å². The number of hydrogen-bond acceptors (Lipinski definition) is 2. The molecule has 0 bridgehead atoms. The summed E-state index contributed by atoms with van der Waals surface area (Å²) in [6.45, 7) is 3.90.